The lowest BCUT2D eigenvalue weighted by molar-refractivity contribution is 0.0307. The van der Waals surface area contributed by atoms with Gasteiger partial charge in [0.2, 0.25) is 11.5 Å². The van der Waals surface area contributed by atoms with Crippen molar-refractivity contribution in [1.82, 2.24) is 4.72 Å². The summed E-state index contributed by atoms with van der Waals surface area (Å²) in [6, 6.07) is 14.3. The first-order valence-electron chi connectivity index (χ1n) is 8.42. The third-order valence-electron chi connectivity index (χ3n) is 4.32. The Hall–Kier alpha value is -2.05. The molecule has 0 fully saturated rings. The highest BCUT2D eigenvalue weighted by molar-refractivity contribution is 7.84. The lowest BCUT2D eigenvalue weighted by atomic mass is 9.83. The van der Waals surface area contributed by atoms with E-state index in [1.54, 1.807) is 75.4 Å². The molecule has 0 bridgehead atoms. The minimum absolute atomic E-state index is 0.200. The highest BCUT2D eigenvalue weighted by atomic mass is 32.2. The number of Topliss-reactive ketones (excluding diaryl/α,β-unsaturated/α-hetero) is 1. The van der Waals surface area contributed by atoms with Gasteiger partial charge in [0.25, 0.3) is 0 Å². The summed E-state index contributed by atoms with van der Waals surface area (Å²) in [5.41, 5.74) is -1.62. The fourth-order valence-corrected chi connectivity index (χ4v) is 3.71. The van der Waals surface area contributed by atoms with E-state index < -0.39 is 39.8 Å². The molecule has 2 aromatic carbocycles. The summed E-state index contributed by atoms with van der Waals surface area (Å²) in [6.45, 7) is 4.93. The van der Waals surface area contributed by atoms with Crippen molar-refractivity contribution in [2.45, 2.75) is 37.2 Å². The van der Waals surface area contributed by atoms with Gasteiger partial charge in [0.05, 0.1) is 27.3 Å². The molecule has 1 N–H and O–H groups in total. The van der Waals surface area contributed by atoms with Gasteiger partial charge in [-0.05, 0) is 38.5 Å². The smallest absolute Gasteiger partial charge is 0.227 e. The highest BCUT2D eigenvalue weighted by Gasteiger charge is 2.52. The second-order valence-electron chi connectivity index (χ2n) is 7.32. The molecule has 2 aromatic rings. The Morgan fingerprint density at radius 2 is 1.73 bits per heavy atom. The summed E-state index contributed by atoms with van der Waals surface area (Å²) in [4.78, 5) is 13.0. The second kappa shape index (κ2) is 6.93. The lowest BCUT2D eigenvalue weighted by Gasteiger charge is -2.37. The molecule has 1 aliphatic heterocycles. The molecule has 138 valence electrons. The monoisotopic (exact) mass is 375 g/mol. The van der Waals surface area contributed by atoms with Crippen LogP contribution in [0, 0.1) is 0 Å². The number of hydrogen-bond donors (Lipinski definition) is 1. The van der Waals surface area contributed by atoms with Crippen LogP contribution in [0.5, 0.6) is 5.75 Å². The molecule has 3 atom stereocenters. The Kier molecular flexibility index (Phi) is 4.99. The first-order chi connectivity index (χ1) is 12.2. The SMILES string of the molecule is CC(C)(C)S(=O)N[C@H](c1ccccc1)[C@@]1(F)COc2ccccc2C1=O. The largest absolute Gasteiger partial charge is 0.489 e. The van der Waals surface area contributed by atoms with E-state index in [4.69, 9.17) is 4.74 Å². The summed E-state index contributed by atoms with van der Waals surface area (Å²) < 4.78 is 36.5. The van der Waals surface area contributed by atoms with Crippen LogP contribution in [0.1, 0.15) is 42.7 Å². The molecule has 0 aromatic heterocycles. The van der Waals surface area contributed by atoms with Gasteiger partial charge in [0, 0.05) is 0 Å². The molecule has 1 aliphatic rings. The van der Waals surface area contributed by atoms with Gasteiger partial charge in [-0.3, -0.25) is 4.79 Å². The Balaban J connectivity index is 2.04. The third-order valence-corrected chi connectivity index (χ3v) is 5.88. The van der Waals surface area contributed by atoms with E-state index in [1.807, 2.05) is 0 Å². The van der Waals surface area contributed by atoms with Crippen LogP contribution in [0.2, 0.25) is 0 Å². The fourth-order valence-electron chi connectivity index (χ4n) is 2.82. The average molecular weight is 375 g/mol. The quantitative estimate of drug-likeness (QED) is 0.885. The van der Waals surface area contributed by atoms with Crippen molar-refractivity contribution < 1.29 is 18.1 Å². The zero-order valence-electron chi connectivity index (χ0n) is 15.0. The van der Waals surface area contributed by atoms with E-state index in [0.29, 0.717) is 11.3 Å². The first kappa shape index (κ1) is 18.7. The van der Waals surface area contributed by atoms with E-state index in [1.165, 1.54) is 0 Å². The van der Waals surface area contributed by atoms with Gasteiger partial charge in [0.15, 0.2) is 0 Å². The molecule has 0 amide bonds. The zero-order chi connectivity index (χ0) is 18.9. The third kappa shape index (κ3) is 3.44. The highest BCUT2D eigenvalue weighted by Crippen LogP contribution is 2.40. The van der Waals surface area contributed by atoms with Crippen molar-refractivity contribution >= 4 is 16.8 Å². The molecule has 1 heterocycles. The molecule has 6 heteroatoms. The van der Waals surface area contributed by atoms with Gasteiger partial charge < -0.3 is 4.74 Å². The maximum atomic E-state index is 16.1. The van der Waals surface area contributed by atoms with Crippen LogP contribution < -0.4 is 9.46 Å². The van der Waals surface area contributed by atoms with Crippen LogP contribution in [0.25, 0.3) is 0 Å². The molecule has 26 heavy (non-hydrogen) atoms. The van der Waals surface area contributed by atoms with Crippen LogP contribution in [0.15, 0.2) is 54.6 Å². The predicted molar refractivity (Wildman–Crippen MR) is 100 cm³/mol. The van der Waals surface area contributed by atoms with Gasteiger partial charge in [-0.2, -0.15) is 0 Å². The fraction of sp³-hybridized carbons (Fsp3) is 0.350. The maximum absolute atomic E-state index is 16.1. The van der Waals surface area contributed by atoms with Gasteiger partial charge in [-0.15, -0.1) is 0 Å². The van der Waals surface area contributed by atoms with Crippen LogP contribution in [-0.2, 0) is 11.0 Å². The van der Waals surface area contributed by atoms with Gasteiger partial charge in [0.1, 0.15) is 12.4 Å². The van der Waals surface area contributed by atoms with E-state index >= 15 is 4.39 Å². The zero-order valence-corrected chi connectivity index (χ0v) is 15.8. The number of rotatable bonds is 4. The number of carbonyl (C=O) groups is 1. The number of carbonyl (C=O) groups excluding carboxylic acids is 1. The molecule has 0 aliphatic carbocycles. The molecule has 0 radical (unpaired) electrons. The van der Waals surface area contributed by atoms with Crippen molar-refractivity contribution in [3.05, 3.63) is 65.7 Å². The number of para-hydroxylation sites is 1. The van der Waals surface area contributed by atoms with Crippen molar-refractivity contribution in [2.24, 2.45) is 0 Å². The maximum Gasteiger partial charge on any atom is 0.227 e. The first-order valence-corrected chi connectivity index (χ1v) is 9.57. The molecule has 0 spiro atoms. The number of ether oxygens (including phenoxy) is 1. The number of alkyl halides is 1. The van der Waals surface area contributed by atoms with Crippen LogP contribution in [0.4, 0.5) is 4.39 Å². The van der Waals surface area contributed by atoms with Crippen LogP contribution in [0.3, 0.4) is 0 Å². The van der Waals surface area contributed by atoms with E-state index in [2.05, 4.69) is 4.72 Å². The predicted octanol–water partition coefficient (Wildman–Crippen LogP) is 3.76. The number of halogens is 1. The molecule has 0 saturated heterocycles. The second-order valence-corrected chi connectivity index (χ2v) is 9.32. The summed E-state index contributed by atoms with van der Waals surface area (Å²) >= 11 is 0. The van der Waals surface area contributed by atoms with Crippen molar-refractivity contribution in [2.75, 3.05) is 6.61 Å². The Labute approximate surface area is 155 Å². The molecule has 0 saturated carbocycles. The minimum atomic E-state index is -2.36. The van der Waals surface area contributed by atoms with Crippen LogP contribution >= 0.6 is 0 Å². The number of hydrogen-bond acceptors (Lipinski definition) is 3. The molecular weight excluding hydrogens is 353 g/mol. The lowest BCUT2D eigenvalue weighted by Crippen LogP contribution is -2.54. The minimum Gasteiger partial charge on any atom is -0.489 e. The number of benzene rings is 2. The van der Waals surface area contributed by atoms with E-state index in [-0.39, 0.29) is 5.56 Å². The van der Waals surface area contributed by atoms with Gasteiger partial charge in [-0.1, -0.05) is 42.5 Å². The normalized spacial score (nSPS) is 22.2. The van der Waals surface area contributed by atoms with Crippen molar-refractivity contribution in [1.29, 1.82) is 0 Å². The number of nitrogens with one attached hydrogen (secondary N) is 1. The Morgan fingerprint density at radius 1 is 1.12 bits per heavy atom. The molecule has 4 nitrogen and oxygen atoms in total. The Bertz CT molecular complexity index is 834. The summed E-state index contributed by atoms with van der Waals surface area (Å²) in [5, 5.41) is 0. The molecular formula is C20H22FNO3S. The standard InChI is InChI=1S/C20H22FNO3S/c1-19(2,3)26(24)22-17(14-9-5-4-6-10-14)20(21)13-25-16-12-8-7-11-15(16)18(20)23/h4-12,17,22H,13H2,1-3H3/t17-,20+,26?/m1/s1. The molecule has 3 rings (SSSR count). The van der Waals surface area contributed by atoms with Gasteiger partial charge >= 0.3 is 0 Å². The van der Waals surface area contributed by atoms with Crippen molar-refractivity contribution in [3.8, 4) is 5.75 Å². The van der Waals surface area contributed by atoms with Crippen molar-refractivity contribution in [3.63, 3.8) is 0 Å². The summed E-state index contributed by atoms with van der Waals surface area (Å²) in [5.74, 6) is -0.291. The summed E-state index contributed by atoms with van der Waals surface area (Å²) in [6.07, 6.45) is 0. The molecule has 1 unspecified atom stereocenters. The van der Waals surface area contributed by atoms with Crippen LogP contribution in [-0.4, -0.2) is 27.0 Å². The van der Waals surface area contributed by atoms with E-state index in [9.17, 15) is 9.00 Å². The Morgan fingerprint density at radius 3 is 2.38 bits per heavy atom. The number of fused-ring (bicyclic) bond motifs is 1. The van der Waals surface area contributed by atoms with E-state index in [0.717, 1.165) is 0 Å². The topological polar surface area (TPSA) is 55.4 Å². The van der Waals surface area contributed by atoms with Gasteiger partial charge in [-0.25, -0.2) is 13.3 Å². The average Bonchev–Trinajstić information content (AvgIpc) is 2.63. The number of ketones is 1. The summed E-state index contributed by atoms with van der Waals surface area (Å²) in [7, 11) is -1.57.